The number of hydrogen-bond acceptors (Lipinski definition) is 2. The van der Waals surface area contributed by atoms with Crippen molar-refractivity contribution >= 4 is 16.5 Å². The molecule has 0 heterocycles. The maximum atomic E-state index is 11.1. The van der Waals surface area contributed by atoms with Crippen molar-refractivity contribution in [1.29, 1.82) is 0 Å². The molecule has 0 aromatic heterocycles. The minimum absolute atomic E-state index is 0.634. The third-order valence-corrected chi connectivity index (χ3v) is 2.84. The molecule has 3 heteroatoms. The Morgan fingerprint density at radius 1 is 1.29 bits per heavy atom. The van der Waals surface area contributed by atoms with Crippen molar-refractivity contribution < 1.29 is 4.21 Å². The first-order valence-corrected chi connectivity index (χ1v) is 6.32. The lowest BCUT2D eigenvalue weighted by Crippen LogP contribution is -2.07. The minimum atomic E-state index is -0.878. The van der Waals surface area contributed by atoms with E-state index in [1.54, 1.807) is 6.26 Å². The van der Waals surface area contributed by atoms with E-state index in [-0.39, 0.29) is 0 Å². The number of hydrogen-bond donors (Lipinski definition) is 1. The first-order valence-electron chi connectivity index (χ1n) is 4.77. The standard InChI is InChI=1S/C11H17NOS/c1-9(2)8-12-10-4-6-11(7-5-10)14(3)13/h4-7,9,12H,8H2,1-3H3. The van der Waals surface area contributed by atoms with Gasteiger partial charge in [0.2, 0.25) is 0 Å². The van der Waals surface area contributed by atoms with Crippen LogP contribution in [0.4, 0.5) is 5.69 Å². The SMILES string of the molecule is CC(C)CNc1ccc(S(C)=O)cc1. The van der Waals surface area contributed by atoms with Crippen LogP contribution in [0.2, 0.25) is 0 Å². The van der Waals surface area contributed by atoms with Crippen molar-refractivity contribution in [1.82, 2.24) is 0 Å². The molecule has 0 aliphatic rings. The third kappa shape index (κ3) is 3.50. The van der Waals surface area contributed by atoms with E-state index >= 15 is 0 Å². The second-order valence-corrected chi connectivity index (χ2v) is 5.13. The van der Waals surface area contributed by atoms with E-state index in [0.717, 1.165) is 17.1 Å². The molecular weight excluding hydrogens is 194 g/mol. The normalized spacial score (nSPS) is 12.9. The Balaban J connectivity index is 2.60. The van der Waals surface area contributed by atoms with Crippen LogP contribution in [-0.2, 0) is 10.8 Å². The molecule has 1 atom stereocenters. The Morgan fingerprint density at radius 3 is 2.29 bits per heavy atom. The molecule has 14 heavy (non-hydrogen) atoms. The van der Waals surface area contributed by atoms with Gasteiger partial charge >= 0.3 is 0 Å². The summed E-state index contributed by atoms with van der Waals surface area (Å²) in [5.74, 6) is 0.634. The first kappa shape index (κ1) is 11.2. The van der Waals surface area contributed by atoms with Gasteiger partial charge in [-0.2, -0.15) is 0 Å². The molecule has 0 aliphatic carbocycles. The molecule has 0 fully saturated rings. The van der Waals surface area contributed by atoms with Crippen molar-refractivity contribution in [3.05, 3.63) is 24.3 Å². The van der Waals surface area contributed by atoms with E-state index in [1.165, 1.54) is 0 Å². The van der Waals surface area contributed by atoms with E-state index in [9.17, 15) is 4.21 Å². The van der Waals surface area contributed by atoms with Crippen LogP contribution in [0.1, 0.15) is 13.8 Å². The van der Waals surface area contributed by atoms with Crippen molar-refractivity contribution in [2.45, 2.75) is 18.7 Å². The highest BCUT2D eigenvalue weighted by Gasteiger charge is 1.98. The summed E-state index contributed by atoms with van der Waals surface area (Å²) < 4.78 is 11.1. The van der Waals surface area contributed by atoms with E-state index in [1.807, 2.05) is 24.3 Å². The molecular formula is C11H17NOS. The second-order valence-electron chi connectivity index (χ2n) is 3.75. The highest BCUT2D eigenvalue weighted by atomic mass is 32.2. The van der Waals surface area contributed by atoms with Crippen LogP contribution >= 0.6 is 0 Å². The Bertz CT molecular complexity index is 306. The van der Waals surface area contributed by atoms with Crippen molar-refractivity contribution in [2.75, 3.05) is 18.1 Å². The maximum absolute atomic E-state index is 11.1. The van der Waals surface area contributed by atoms with Crippen molar-refractivity contribution in [3.63, 3.8) is 0 Å². The van der Waals surface area contributed by atoms with Gasteiger partial charge in [0.15, 0.2) is 0 Å². The van der Waals surface area contributed by atoms with E-state index in [4.69, 9.17) is 0 Å². The molecule has 1 aromatic rings. The molecule has 1 aromatic carbocycles. The van der Waals surface area contributed by atoms with Gasteiger partial charge < -0.3 is 5.32 Å². The van der Waals surface area contributed by atoms with Gasteiger partial charge in [0, 0.05) is 34.2 Å². The van der Waals surface area contributed by atoms with Gasteiger partial charge in [0.05, 0.1) is 0 Å². The van der Waals surface area contributed by atoms with Gasteiger partial charge in [-0.3, -0.25) is 4.21 Å². The lowest BCUT2D eigenvalue weighted by atomic mass is 10.2. The fourth-order valence-electron chi connectivity index (χ4n) is 1.09. The number of benzene rings is 1. The van der Waals surface area contributed by atoms with E-state index < -0.39 is 10.8 Å². The summed E-state index contributed by atoms with van der Waals surface area (Å²) in [6.45, 7) is 5.31. The summed E-state index contributed by atoms with van der Waals surface area (Å²) in [6, 6.07) is 7.75. The number of rotatable bonds is 4. The number of nitrogens with one attached hydrogen (secondary N) is 1. The van der Waals surface area contributed by atoms with Crippen LogP contribution < -0.4 is 5.32 Å². The topological polar surface area (TPSA) is 29.1 Å². The highest BCUT2D eigenvalue weighted by molar-refractivity contribution is 7.84. The summed E-state index contributed by atoms with van der Waals surface area (Å²) >= 11 is 0. The Kier molecular flexibility index (Phi) is 4.14. The summed E-state index contributed by atoms with van der Waals surface area (Å²) in [7, 11) is -0.878. The van der Waals surface area contributed by atoms with Gasteiger partial charge in [-0.15, -0.1) is 0 Å². The zero-order valence-corrected chi connectivity index (χ0v) is 9.73. The van der Waals surface area contributed by atoms with Crippen LogP contribution in [0, 0.1) is 5.92 Å². The van der Waals surface area contributed by atoms with Gasteiger partial charge in [-0.1, -0.05) is 13.8 Å². The molecule has 0 saturated heterocycles. The largest absolute Gasteiger partial charge is 0.385 e. The van der Waals surface area contributed by atoms with Crippen LogP contribution in [0.15, 0.2) is 29.2 Å². The smallest absolute Gasteiger partial charge is 0.0498 e. The summed E-state index contributed by atoms with van der Waals surface area (Å²) in [4.78, 5) is 0.875. The Morgan fingerprint density at radius 2 is 1.86 bits per heavy atom. The molecule has 0 aliphatic heterocycles. The minimum Gasteiger partial charge on any atom is -0.385 e. The summed E-state index contributed by atoms with van der Waals surface area (Å²) in [6.07, 6.45) is 1.69. The van der Waals surface area contributed by atoms with Crippen LogP contribution in [0.5, 0.6) is 0 Å². The molecule has 1 N–H and O–H groups in total. The number of anilines is 1. The highest BCUT2D eigenvalue weighted by Crippen LogP contribution is 2.12. The van der Waals surface area contributed by atoms with Crippen LogP contribution in [-0.4, -0.2) is 17.0 Å². The van der Waals surface area contributed by atoms with E-state index in [2.05, 4.69) is 19.2 Å². The van der Waals surface area contributed by atoms with Gasteiger partial charge in [0.25, 0.3) is 0 Å². The zero-order valence-electron chi connectivity index (χ0n) is 8.91. The average Bonchev–Trinajstić information content (AvgIpc) is 2.15. The molecule has 0 amide bonds. The first-order chi connectivity index (χ1) is 6.59. The summed E-state index contributed by atoms with van der Waals surface area (Å²) in [5, 5.41) is 3.31. The lowest BCUT2D eigenvalue weighted by molar-refractivity contribution is 0.686. The van der Waals surface area contributed by atoms with E-state index in [0.29, 0.717) is 5.92 Å². The fourth-order valence-corrected chi connectivity index (χ4v) is 1.61. The molecule has 0 radical (unpaired) electrons. The quantitative estimate of drug-likeness (QED) is 0.829. The van der Waals surface area contributed by atoms with Crippen molar-refractivity contribution in [2.24, 2.45) is 5.92 Å². The fraction of sp³-hybridized carbons (Fsp3) is 0.455. The van der Waals surface area contributed by atoms with Crippen LogP contribution in [0.3, 0.4) is 0 Å². The van der Waals surface area contributed by atoms with Crippen LogP contribution in [0.25, 0.3) is 0 Å². The predicted molar refractivity (Wildman–Crippen MR) is 62.1 cm³/mol. The van der Waals surface area contributed by atoms with Gasteiger partial charge in [-0.05, 0) is 30.2 Å². The zero-order chi connectivity index (χ0) is 10.6. The Hall–Kier alpha value is -0.830. The average molecular weight is 211 g/mol. The Labute approximate surface area is 88.2 Å². The maximum Gasteiger partial charge on any atom is 0.0498 e. The summed E-state index contributed by atoms with van der Waals surface area (Å²) in [5.41, 5.74) is 1.09. The predicted octanol–water partition coefficient (Wildman–Crippen LogP) is 2.49. The molecule has 0 spiro atoms. The third-order valence-electron chi connectivity index (χ3n) is 1.90. The molecule has 1 unspecified atom stereocenters. The second kappa shape index (κ2) is 5.15. The molecule has 1 rings (SSSR count). The van der Waals surface area contributed by atoms with Crippen molar-refractivity contribution in [3.8, 4) is 0 Å². The monoisotopic (exact) mass is 211 g/mol. The lowest BCUT2D eigenvalue weighted by Gasteiger charge is -2.08. The molecule has 2 nitrogen and oxygen atoms in total. The molecule has 0 bridgehead atoms. The molecule has 78 valence electrons. The van der Waals surface area contributed by atoms with Gasteiger partial charge in [-0.25, -0.2) is 0 Å². The van der Waals surface area contributed by atoms with Gasteiger partial charge in [0.1, 0.15) is 0 Å². The molecule has 0 saturated carbocycles.